The Hall–Kier alpha value is -1.97. The highest BCUT2D eigenvalue weighted by Gasteiger charge is 2.23. The first kappa shape index (κ1) is 15.9. The van der Waals surface area contributed by atoms with Gasteiger partial charge in [0, 0.05) is 36.3 Å². The molecule has 2 atom stereocenters. The van der Waals surface area contributed by atoms with Crippen molar-refractivity contribution in [3.63, 3.8) is 0 Å². The van der Waals surface area contributed by atoms with Crippen molar-refractivity contribution in [3.8, 4) is 0 Å². The number of carbonyl (C=O) groups excluding carboxylic acids is 1. The van der Waals surface area contributed by atoms with Crippen LogP contribution in [0.2, 0.25) is 0 Å². The lowest BCUT2D eigenvalue weighted by Gasteiger charge is -2.36. The number of fused-ring (bicyclic) bond motifs is 1. The Morgan fingerprint density at radius 3 is 2.65 bits per heavy atom. The van der Waals surface area contributed by atoms with E-state index in [2.05, 4.69) is 36.2 Å². The van der Waals surface area contributed by atoms with Gasteiger partial charge in [0.05, 0.1) is 0 Å². The van der Waals surface area contributed by atoms with Crippen molar-refractivity contribution in [2.24, 2.45) is 11.8 Å². The number of hydrogen-bond acceptors (Lipinski definition) is 3. The van der Waals surface area contributed by atoms with E-state index >= 15 is 0 Å². The molecule has 0 aliphatic carbocycles. The largest absolute Gasteiger partial charge is 0.451 e. The average molecular weight is 314 g/mol. The summed E-state index contributed by atoms with van der Waals surface area (Å²) in [6, 6.07) is 6.27. The highest BCUT2D eigenvalue weighted by Crippen LogP contribution is 2.32. The molecule has 1 aliphatic rings. The molecule has 1 aromatic carbocycles. The van der Waals surface area contributed by atoms with Gasteiger partial charge in [-0.3, -0.25) is 4.79 Å². The summed E-state index contributed by atoms with van der Waals surface area (Å²) >= 11 is 0. The molecule has 4 nitrogen and oxygen atoms in total. The van der Waals surface area contributed by atoms with Crippen LogP contribution in [0.25, 0.3) is 11.0 Å². The maximum absolute atomic E-state index is 12.1. The van der Waals surface area contributed by atoms with E-state index in [-0.39, 0.29) is 5.91 Å². The summed E-state index contributed by atoms with van der Waals surface area (Å²) in [7, 11) is 0. The van der Waals surface area contributed by atoms with Crippen LogP contribution < -0.4 is 10.2 Å². The number of benzene rings is 1. The molecule has 0 saturated carbocycles. The van der Waals surface area contributed by atoms with Gasteiger partial charge >= 0.3 is 0 Å². The van der Waals surface area contributed by atoms with Gasteiger partial charge in [0.2, 0.25) is 0 Å². The molecule has 1 saturated heterocycles. The quantitative estimate of drug-likeness (QED) is 0.932. The summed E-state index contributed by atoms with van der Waals surface area (Å²) in [4.78, 5) is 14.5. The van der Waals surface area contributed by atoms with E-state index in [0.717, 1.165) is 29.6 Å². The van der Waals surface area contributed by atoms with Gasteiger partial charge in [0.25, 0.3) is 5.91 Å². The topological polar surface area (TPSA) is 45.5 Å². The molecule has 23 heavy (non-hydrogen) atoms. The van der Waals surface area contributed by atoms with Crippen LogP contribution in [0.3, 0.4) is 0 Å². The zero-order valence-corrected chi connectivity index (χ0v) is 14.5. The minimum atomic E-state index is -0.136. The van der Waals surface area contributed by atoms with E-state index in [1.54, 1.807) is 0 Å². The Labute approximate surface area is 137 Å². The predicted molar refractivity (Wildman–Crippen MR) is 94.1 cm³/mol. The summed E-state index contributed by atoms with van der Waals surface area (Å²) in [5.41, 5.74) is 2.93. The highest BCUT2D eigenvalue weighted by atomic mass is 16.3. The molecule has 1 amide bonds. The SMILES string of the molecule is CCNC(=O)c1oc2ccc(N3CC(C)CC(C)C3)cc2c1C. The van der Waals surface area contributed by atoms with Gasteiger partial charge in [-0.15, -0.1) is 0 Å². The van der Waals surface area contributed by atoms with Crippen molar-refractivity contribution in [1.29, 1.82) is 0 Å². The second kappa shape index (κ2) is 6.26. The standard InChI is InChI=1S/C19H26N2O2/c1-5-20-19(22)18-14(4)16-9-15(6-7-17(16)23-18)21-10-12(2)8-13(3)11-21/h6-7,9,12-13H,5,8,10-11H2,1-4H3,(H,20,22). The molecular weight excluding hydrogens is 288 g/mol. The van der Waals surface area contributed by atoms with E-state index < -0.39 is 0 Å². The molecule has 2 unspecified atom stereocenters. The van der Waals surface area contributed by atoms with Gasteiger partial charge in [0.1, 0.15) is 5.58 Å². The molecule has 124 valence electrons. The Morgan fingerprint density at radius 1 is 1.30 bits per heavy atom. The molecule has 1 aliphatic heterocycles. The van der Waals surface area contributed by atoms with Crippen LogP contribution in [0.4, 0.5) is 5.69 Å². The van der Waals surface area contributed by atoms with E-state index in [9.17, 15) is 4.79 Å². The van der Waals surface area contributed by atoms with Gasteiger partial charge in [0.15, 0.2) is 5.76 Å². The number of nitrogens with one attached hydrogen (secondary N) is 1. The molecule has 2 heterocycles. The Morgan fingerprint density at radius 2 is 2.00 bits per heavy atom. The lowest BCUT2D eigenvalue weighted by Crippen LogP contribution is -2.38. The van der Waals surface area contributed by atoms with Gasteiger partial charge in [-0.2, -0.15) is 0 Å². The molecular formula is C19H26N2O2. The van der Waals surface area contributed by atoms with Crippen LogP contribution in [0, 0.1) is 18.8 Å². The third-order valence-corrected chi connectivity index (χ3v) is 4.70. The molecule has 0 radical (unpaired) electrons. The first-order chi connectivity index (χ1) is 11.0. The Kier molecular flexibility index (Phi) is 4.33. The van der Waals surface area contributed by atoms with Crippen LogP contribution >= 0.6 is 0 Å². The number of piperidine rings is 1. The number of nitrogens with zero attached hydrogens (tertiary/aromatic N) is 1. The number of rotatable bonds is 3. The zero-order chi connectivity index (χ0) is 16.6. The molecule has 1 aromatic heterocycles. The lowest BCUT2D eigenvalue weighted by molar-refractivity contribution is 0.0929. The number of aryl methyl sites for hydroxylation is 1. The normalized spacial score (nSPS) is 21.7. The van der Waals surface area contributed by atoms with E-state index in [1.165, 1.54) is 12.1 Å². The number of carbonyl (C=O) groups is 1. The fraction of sp³-hybridized carbons (Fsp3) is 0.526. The van der Waals surface area contributed by atoms with Crippen LogP contribution in [0.1, 0.15) is 43.3 Å². The highest BCUT2D eigenvalue weighted by molar-refractivity contribution is 5.99. The first-order valence-electron chi connectivity index (χ1n) is 8.55. The monoisotopic (exact) mass is 314 g/mol. The van der Waals surface area contributed by atoms with Crippen LogP contribution in [0.15, 0.2) is 22.6 Å². The van der Waals surface area contributed by atoms with Gasteiger partial charge in [-0.1, -0.05) is 13.8 Å². The van der Waals surface area contributed by atoms with Crippen molar-refractivity contribution in [2.45, 2.75) is 34.1 Å². The summed E-state index contributed by atoms with van der Waals surface area (Å²) < 4.78 is 5.77. The van der Waals surface area contributed by atoms with Gasteiger partial charge < -0.3 is 14.6 Å². The molecule has 4 heteroatoms. The van der Waals surface area contributed by atoms with E-state index in [0.29, 0.717) is 24.1 Å². The number of anilines is 1. The molecule has 2 aromatic rings. The van der Waals surface area contributed by atoms with Crippen LogP contribution in [0.5, 0.6) is 0 Å². The van der Waals surface area contributed by atoms with Crippen LogP contribution in [-0.4, -0.2) is 25.5 Å². The lowest BCUT2D eigenvalue weighted by atomic mass is 9.91. The Balaban J connectivity index is 1.95. The molecule has 0 bridgehead atoms. The van der Waals surface area contributed by atoms with Crippen molar-refractivity contribution >= 4 is 22.6 Å². The second-order valence-electron chi connectivity index (χ2n) is 6.95. The third-order valence-electron chi connectivity index (χ3n) is 4.70. The molecule has 0 spiro atoms. The number of hydrogen-bond donors (Lipinski definition) is 1. The summed E-state index contributed by atoms with van der Waals surface area (Å²) in [6.07, 6.45) is 1.30. The van der Waals surface area contributed by atoms with Crippen molar-refractivity contribution in [2.75, 3.05) is 24.5 Å². The average Bonchev–Trinajstić information content (AvgIpc) is 2.83. The first-order valence-corrected chi connectivity index (χ1v) is 8.55. The Bertz CT molecular complexity index is 709. The minimum absolute atomic E-state index is 0.136. The van der Waals surface area contributed by atoms with E-state index in [4.69, 9.17) is 4.42 Å². The minimum Gasteiger partial charge on any atom is -0.451 e. The molecule has 1 fully saturated rings. The maximum Gasteiger partial charge on any atom is 0.287 e. The van der Waals surface area contributed by atoms with Crippen molar-refractivity contribution in [3.05, 3.63) is 29.5 Å². The van der Waals surface area contributed by atoms with Crippen molar-refractivity contribution in [1.82, 2.24) is 5.32 Å². The van der Waals surface area contributed by atoms with Gasteiger partial charge in [-0.25, -0.2) is 0 Å². The number of furan rings is 1. The summed E-state index contributed by atoms with van der Waals surface area (Å²) in [5.74, 6) is 1.72. The maximum atomic E-state index is 12.1. The van der Waals surface area contributed by atoms with Crippen LogP contribution in [-0.2, 0) is 0 Å². The second-order valence-corrected chi connectivity index (χ2v) is 6.95. The third kappa shape index (κ3) is 3.07. The fourth-order valence-electron chi connectivity index (χ4n) is 3.74. The zero-order valence-electron chi connectivity index (χ0n) is 14.5. The summed E-state index contributed by atoms with van der Waals surface area (Å²) in [6.45, 7) is 11.3. The van der Waals surface area contributed by atoms with Crippen molar-refractivity contribution < 1.29 is 9.21 Å². The molecule has 3 rings (SSSR count). The number of amides is 1. The van der Waals surface area contributed by atoms with E-state index in [1.807, 2.05) is 19.9 Å². The fourth-order valence-corrected chi connectivity index (χ4v) is 3.74. The molecule has 1 N–H and O–H groups in total. The predicted octanol–water partition coefficient (Wildman–Crippen LogP) is 3.97. The smallest absolute Gasteiger partial charge is 0.287 e. The van der Waals surface area contributed by atoms with Gasteiger partial charge in [-0.05, 0) is 50.3 Å². The summed E-state index contributed by atoms with van der Waals surface area (Å²) in [5, 5.41) is 3.85.